The number of hydrogen-bond acceptors (Lipinski definition) is 2. The van der Waals surface area contributed by atoms with Gasteiger partial charge in [-0.2, -0.15) is 5.10 Å². The normalized spacial score (nSPS) is 11.2. The van der Waals surface area contributed by atoms with E-state index in [1.807, 2.05) is 11.8 Å². The van der Waals surface area contributed by atoms with Gasteiger partial charge >= 0.3 is 0 Å². The molecule has 0 unspecified atom stereocenters. The zero-order valence-electron chi connectivity index (χ0n) is 16.1. The van der Waals surface area contributed by atoms with Crippen molar-refractivity contribution in [2.75, 3.05) is 13.1 Å². The molecule has 0 N–H and O–H groups in total. The molecule has 0 bridgehead atoms. The Bertz CT molecular complexity index is 782. The molecule has 0 aliphatic rings. The largest absolute Gasteiger partial charge is 0.339 e. The van der Waals surface area contributed by atoms with Crippen LogP contribution in [0, 0.1) is 31.4 Å². The molecule has 2 rings (SSSR count). The lowest BCUT2D eigenvalue weighted by Crippen LogP contribution is -2.35. The Kier molecular flexibility index (Phi) is 6.51. The van der Waals surface area contributed by atoms with Crippen molar-refractivity contribution in [2.24, 2.45) is 5.92 Å². The summed E-state index contributed by atoms with van der Waals surface area (Å²) in [5.41, 5.74) is 1.72. The molecular weight excluding hydrogens is 336 g/mol. The van der Waals surface area contributed by atoms with E-state index in [-0.39, 0.29) is 11.6 Å². The van der Waals surface area contributed by atoms with Gasteiger partial charge in [-0.15, -0.1) is 0 Å². The maximum Gasteiger partial charge on any atom is 0.257 e. The Labute approximate surface area is 153 Å². The highest BCUT2D eigenvalue weighted by Gasteiger charge is 2.25. The summed E-state index contributed by atoms with van der Waals surface area (Å²) in [7, 11) is 0. The molecule has 0 aliphatic carbocycles. The first kappa shape index (κ1) is 20.1. The van der Waals surface area contributed by atoms with Crippen LogP contribution in [0.25, 0.3) is 5.69 Å². The van der Waals surface area contributed by atoms with Gasteiger partial charge in [0.05, 0.1) is 17.0 Å². The van der Waals surface area contributed by atoms with Crippen LogP contribution in [0.15, 0.2) is 18.2 Å². The first-order chi connectivity index (χ1) is 12.3. The Morgan fingerprint density at radius 3 is 2.38 bits per heavy atom. The third-order valence-corrected chi connectivity index (χ3v) is 4.95. The van der Waals surface area contributed by atoms with E-state index in [9.17, 15) is 13.6 Å². The van der Waals surface area contributed by atoms with Gasteiger partial charge in [0.1, 0.15) is 11.5 Å². The van der Waals surface area contributed by atoms with Gasteiger partial charge in [0, 0.05) is 19.2 Å². The summed E-state index contributed by atoms with van der Waals surface area (Å²) in [5, 5.41) is 4.33. The molecule has 0 saturated heterocycles. The number of aryl methyl sites for hydroxylation is 1. The first-order valence-electron chi connectivity index (χ1n) is 9.14. The molecule has 1 amide bonds. The van der Waals surface area contributed by atoms with E-state index in [0.29, 0.717) is 36.0 Å². The number of hydrogen-bond donors (Lipinski definition) is 0. The minimum atomic E-state index is -0.709. The summed E-state index contributed by atoms with van der Waals surface area (Å²) >= 11 is 0. The second kappa shape index (κ2) is 8.43. The lowest BCUT2D eigenvalue weighted by molar-refractivity contribution is 0.0733. The smallest absolute Gasteiger partial charge is 0.257 e. The number of carbonyl (C=O) groups excluding carboxylic acids is 1. The second-order valence-electron chi connectivity index (χ2n) is 6.58. The standard InChI is InChI=1S/C20H27F2N3O/c1-6-15(7-2)12-24(8-3)20(26)19-13(4)23-25(14(19)5)18-10-9-16(21)11-17(18)22/h9-11,15H,6-8,12H2,1-5H3. The van der Waals surface area contributed by atoms with Gasteiger partial charge in [-0.05, 0) is 38.8 Å². The molecule has 1 aromatic carbocycles. The molecule has 2 aromatic rings. The number of benzene rings is 1. The van der Waals surface area contributed by atoms with E-state index in [1.54, 1.807) is 13.8 Å². The Morgan fingerprint density at radius 1 is 1.19 bits per heavy atom. The molecule has 0 spiro atoms. The number of halogens is 2. The predicted octanol–water partition coefficient (Wildman–Crippen LogP) is 4.67. The molecule has 26 heavy (non-hydrogen) atoms. The monoisotopic (exact) mass is 363 g/mol. The Morgan fingerprint density at radius 2 is 1.85 bits per heavy atom. The fourth-order valence-electron chi connectivity index (χ4n) is 3.21. The van der Waals surface area contributed by atoms with Crippen LogP contribution >= 0.6 is 0 Å². The van der Waals surface area contributed by atoms with Gasteiger partial charge in [-0.25, -0.2) is 13.5 Å². The van der Waals surface area contributed by atoms with Crippen molar-refractivity contribution in [3.63, 3.8) is 0 Å². The lowest BCUT2D eigenvalue weighted by atomic mass is 10.0. The van der Waals surface area contributed by atoms with Crippen LogP contribution in [0.3, 0.4) is 0 Å². The molecule has 142 valence electrons. The van der Waals surface area contributed by atoms with Crippen LogP contribution in [-0.4, -0.2) is 33.7 Å². The third kappa shape index (κ3) is 3.94. The van der Waals surface area contributed by atoms with Crippen molar-refractivity contribution in [3.05, 3.63) is 46.8 Å². The SMILES string of the molecule is CCC(CC)CN(CC)C(=O)c1c(C)nn(-c2ccc(F)cc2F)c1C. The van der Waals surface area contributed by atoms with Crippen molar-refractivity contribution in [2.45, 2.75) is 47.5 Å². The van der Waals surface area contributed by atoms with Crippen molar-refractivity contribution in [1.82, 2.24) is 14.7 Å². The van der Waals surface area contributed by atoms with E-state index < -0.39 is 11.6 Å². The van der Waals surface area contributed by atoms with E-state index >= 15 is 0 Å². The summed E-state index contributed by atoms with van der Waals surface area (Å²) in [6, 6.07) is 3.33. The maximum absolute atomic E-state index is 14.2. The topological polar surface area (TPSA) is 38.1 Å². The van der Waals surface area contributed by atoms with Crippen molar-refractivity contribution in [3.8, 4) is 5.69 Å². The van der Waals surface area contributed by atoms with Gasteiger partial charge in [0.25, 0.3) is 5.91 Å². The molecule has 0 fully saturated rings. The number of amides is 1. The van der Waals surface area contributed by atoms with Crippen LogP contribution in [0.4, 0.5) is 8.78 Å². The highest BCUT2D eigenvalue weighted by atomic mass is 19.1. The van der Waals surface area contributed by atoms with E-state index in [0.717, 1.165) is 18.9 Å². The minimum absolute atomic E-state index is 0.0943. The van der Waals surface area contributed by atoms with Gasteiger partial charge in [-0.1, -0.05) is 26.7 Å². The first-order valence-corrected chi connectivity index (χ1v) is 9.14. The molecule has 0 aliphatic heterocycles. The van der Waals surface area contributed by atoms with Crippen LogP contribution in [0.2, 0.25) is 0 Å². The quantitative estimate of drug-likeness (QED) is 0.717. The molecule has 0 atom stereocenters. The maximum atomic E-state index is 14.2. The number of aromatic nitrogens is 2. The predicted molar refractivity (Wildman–Crippen MR) is 98.6 cm³/mol. The van der Waals surface area contributed by atoms with E-state index in [2.05, 4.69) is 18.9 Å². The van der Waals surface area contributed by atoms with Crippen molar-refractivity contribution < 1.29 is 13.6 Å². The number of nitrogens with zero attached hydrogens (tertiary/aromatic N) is 3. The zero-order chi connectivity index (χ0) is 19.4. The number of rotatable bonds is 7. The molecule has 6 heteroatoms. The Hall–Kier alpha value is -2.24. The summed E-state index contributed by atoms with van der Waals surface area (Å²) in [6.07, 6.45) is 2.02. The van der Waals surface area contributed by atoms with Crippen LogP contribution in [0.1, 0.15) is 55.4 Å². The zero-order valence-corrected chi connectivity index (χ0v) is 16.1. The summed E-state index contributed by atoms with van der Waals surface area (Å²) in [6.45, 7) is 11.0. The average molecular weight is 363 g/mol. The van der Waals surface area contributed by atoms with Crippen LogP contribution < -0.4 is 0 Å². The summed E-state index contributed by atoms with van der Waals surface area (Å²) in [4.78, 5) is 14.9. The molecule has 1 aromatic heterocycles. The summed E-state index contributed by atoms with van der Waals surface area (Å²) in [5.74, 6) is -1.00. The van der Waals surface area contributed by atoms with Crippen LogP contribution in [0.5, 0.6) is 0 Å². The highest BCUT2D eigenvalue weighted by molar-refractivity contribution is 5.96. The molecular formula is C20H27F2N3O. The van der Waals surface area contributed by atoms with Crippen molar-refractivity contribution >= 4 is 5.91 Å². The average Bonchev–Trinajstić information content (AvgIpc) is 2.90. The van der Waals surface area contributed by atoms with Gasteiger partial charge in [0.2, 0.25) is 0 Å². The van der Waals surface area contributed by atoms with Gasteiger partial charge < -0.3 is 4.90 Å². The minimum Gasteiger partial charge on any atom is -0.339 e. The van der Waals surface area contributed by atoms with Crippen molar-refractivity contribution in [1.29, 1.82) is 0 Å². The summed E-state index contributed by atoms with van der Waals surface area (Å²) < 4.78 is 28.7. The van der Waals surface area contributed by atoms with Gasteiger partial charge in [0.15, 0.2) is 5.82 Å². The lowest BCUT2D eigenvalue weighted by Gasteiger charge is -2.25. The highest BCUT2D eigenvalue weighted by Crippen LogP contribution is 2.23. The van der Waals surface area contributed by atoms with Crippen LogP contribution in [-0.2, 0) is 0 Å². The Balaban J connectivity index is 2.41. The molecule has 0 radical (unpaired) electrons. The number of carbonyl (C=O) groups is 1. The van der Waals surface area contributed by atoms with Gasteiger partial charge in [-0.3, -0.25) is 4.79 Å². The fourth-order valence-corrected chi connectivity index (χ4v) is 3.21. The van der Waals surface area contributed by atoms with E-state index in [1.165, 1.54) is 16.8 Å². The molecule has 4 nitrogen and oxygen atoms in total. The third-order valence-electron chi connectivity index (χ3n) is 4.95. The second-order valence-corrected chi connectivity index (χ2v) is 6.58. The molecule has 1 heterocycles. The fraction of sp³-hybridized carbons (Fsp3) is 0.500. The molecule has 0 saturated carbocycles. The van der Waals surface area contributed by atoms with E-state index in [4.69, 9.17) is 0 Å².